The van der Waals surface area contributed by atoms with Crippen LogP contribution in [0.2, 0.25) is 0 Å². The second-order valence-corrected chi connectivity index (χ2v) is 3.42. The summed E-state index contributed by atoms with van der Waals surface area (Å²) in [6.45, 7) is 2.22. The fraction of sp³-hybridized carbons (Fsp3) is 1.00. The molecule has 0 spiro atoms. The van der Waals surface area contributed by atoms with Gasteiger partial charge in [-0.1, -0.05) is 12.0 Å². The van der Waals surface area contributed by atoms with Crippen LogP contribution in [0.5, 0.6) is 0 Å². The quantitative estimate of drug-likeness (QED) is 0.364. The fourth-order valence-electron chi connectivity index (χ4n) is 1.81. The lowest BCUT2D eigenvalue weighted by Gasteiger charge is -2.34. The Morgan fingerprint density at radius 2 is 2.38 bits per heavy atom. The number of azide groups is 1. The highest BCUT2D eigenvalue weighted by molar-refractivity contribution is 4.94. The Morgan fingerprint density at radius 3 is 3.08 bits per heavy atom. The van der Waals surface area contributed by atoms with Gasteiger partial charge in [-0.05, 0) is 11.4 Å². The summed E-state index contributed by atoms with van der Waals surface area (Å²) < 4.78 is 10.5. The first kappa shape index (κ1) is 8.77. The predicted molar refractivity (Wildman–Crippen MR) is 42.7 cm³/mol. The van der Waals surface area contributed by atoms with Crippen LogP contribution in [0.25, 0.3) is 10.4 Å². The zero-order chi connectivity index (χ0) is 9.42. The Kier molecular flexibility index (Phi) is 2.13. The number of fused-ring (bicyclic) bond motifs is 2. The van der Waals surface area contributed by atoms with Crippen molar-refractivity contribution >= 4 is 0 Å². The summed E-state index contributed by atoms with van der Waals surface area (Å²) in [5, 5.41) is 13.2. The summed E-state index contributed by atoms with van der Waals surface area (Å²) in [4.78, 5) is 2.71. The van der Waals surface area contributed by atoms with Gasteiger partial charge in [-0.2, -0.15) is 0 Å². The molecule has 72 valence electrons. The molecule has 0 amide bonds. The monoisotopic (exact) mass is 185 g/mol. The second-order valence-electron chi connectivity index (χ2n) is 3.42. The van der Waals surface area contributed by atoms with Gasteiger partial charge in [0.1, 0.15) is 6.10 Å². The number of ether oxygens (including phenoxy) is 2. The molecule has 6 heteroatoms. The first-order valence-electron chi connectivity index (χ1n) is 4.23. The van der Waals surface area contributed by atoms with E-state index in [1.54, 1.807) is 0 Å². The highest BCUT2D eigenvalue weighted by atomic mass is 16.7. The molecule has 5 atom stereocenters. The van der Waals surface area contributed by atoms with E-state index < -0.39 is 18.4 Å². The Balaban J connectivity index is 2.21. The van der Waals surface area contributed by atoms with Crippen molar-refractivity contribution in [3.63, 3.8) is 0 Å². The second kappa shape index (κ2) is 3.16. The van der Waals surface area contributed by atoms with Crippen molar-refractivity contribution in [3.05, 3.63) is 10.4 Å². The van der Waals surface area contributed by atoms with Crippen LogP contribution in [0, 0.1) is 5.92 Å². The van der Waals surface area contributed by atoms with Gasteiger partial charge in [0.25, 0.3) is 0 Å². The normalized spacial score (nSPS) is 48.6. The summed E-state index contributed by atoms with van der Waals surface area (Å²) >= 11 is 0. The molecule has 0 aliphatic carbocycles. The topological polar surface area (TPSA) is 87.5 Å². The average molecular weight is 185 g/mol. The third-order valence-corrected chi connectivity index (χ3v) is 2.66. The largest absolute Gasteiger partial charge is 0.390 e. The van der Waals surface area contributed by atoms with Gasteiger partial charge in [-0.15, -0.1) is 0 Å². The van der Waals surface area contributed by atoms with Crippen molar-refractivity contribution in [1.82, 2.24) is 0 Å². The minimum atomic E-state index is -0.603. The maximum absolute atomic E-state index is 9.67. The van der Waals surface area contributed by atoms with Gasteiger partial charge in [0, 0.05) is 4.91 Å². The molecular formula is C7H11N3O3. The summed E-state index contributed by atoms with van der Waals surface area (Å²) in [6.07, 6.45) is -1.33. The van der Waals surface area contributed by atoms with E-state index in [-0.39, 0.29) is 12.0 Å². The number of hydrogen-bond acceptors (Lipinski definition) is 4. The predicted octanol–water partition coefficient (Wildman–Crippen LogP) is 0.417. The third-order valence-electron chi connectivity index (χ3n) is 2.66. The third kappa shape index (κ3) is 1.28. The van der Waals surface area contributed by atoms with Gasteiger partial charge in [0.05, 0.1) is 18.8 Å². The lowest BCUT2D eigenvalue weighted by Crippen LogP contribution is -2.47. The first-order valence-corrected chi connectivity index (χ1v) is 4.23. The van der Waals surface area contributed by atoms with Crippen LogP contribution in [0.15, 0.2) is 5.11 Å². The van der Waals surface area contributed by atoms with E-state index in [1.165, 1.54) is 0 Å². The fourth-order valence-corrected chi connectivity index (χ4v) is 1.81. The Morgan fingerprint density at radius 1 is 1.62 bits per heavy atom. The summed E-state index contributed by atoms with van der Waals surface area (Å²) in [5.41, 5.74) is 8.32. The van der Waals surface area contributed by atoms with Crippen LogP contribution >= 0.6 is 0 Å². The number of aliphatic hydroxyl groups excluding tert-OH is 1. The molecule has 0 aromatic rings. The number of hydrogen-bond donors (Lipinski definition) is 1. The van der Waals surface area contributed by atoms with Crippen LogP contribution in [0.4, 0.5) is 0 Å². The molecule has 0 aromatic heterocycles. The van der Waals surface area contributed by atoms with Crippen molar-refractivity contribution in [2.24, 2.45) is 11.0 Å². The van der Waals surface area contributed by atoms with E-state index >= 15 is 0 Å². The van der Waals surface area contributed by atoms with Crippen LogP contribution in [0.1, 0.15) is 6.92 Å². The van der Waals surface area contributed by atoms with E-state index in [4.69, 9.17) is 15.0 Å². The molecule has 2 fully saturated rings. The summed E-state index contributed by atoms with van der Waals surface area (Å²) in [5.74, 6) is -0.109. The molecule has 2 bridgehead atoms. The zero-order valence-corrected chi connectivity index (χ0v) is 7.20. The zero-order valence-electron chi connectivity index (χ0n) is 7.20. The van der Waals surface area contributed by atoms with Crippen molar-refractivity contribution in [3.8, 4) is 0 Å². The first-order chi connectivity index (χ1) is 6.24. The maximum Gasteiger partial charge on any atom is 0.167 e. The molecule has 6 nitrogen and oxygen atoms in total. The van der Waals surface area contributed by atoms with Gasteiger partial charge < -0.3 is 14.6 Å². The average Bonchev–Trinajstić information content (AvgIpc) is 2.56. The summed E-state index contributed by atoms with van der Waals surface area (Å²) in [6, 6.07) is -0.418. The molecule has 2 aliphatic rings. The van der Waals surface area contributed by atoms with Crippen LogP contribution in [-0.4, -0.2) is 36.3 Å². The summed E-state index contributed by atoms with van der Waals surface area (Å²) in [7, 11) is 0. The molecule has 13 heavy (non-hydrogen) atoms. The molecular weight excluding hydrogens is 174 g/mol. The molecule has 1 N–H and O–H groups in total. The Bertz CT molecular complexity index is 253. The SMILES string of the molecule is CC1[C@H](O)C2CO[C@H](O2)[C@H]1N=[N+]=[N-]. The number of aliphatic hydroxyl groups is 1. The van der Waals surface area contributed by atoms with E-state index in [1.807, 2.05) is 6.92 Å². The van der Waals surface area contributed by atoms with Crippen molar-refractivity contribution in [2.75, 3.05) is 6.61 Å². The highest BCUT2D eigenvalue weighted by Crippen LogP contribution is 2.33. The van der Waals surface area contributed by atoms with Crippen molar-refractivity contribution in [2.45, 2.75) is 31.5 Å². The van der Waals surface area contributed by atoms with Gasteiger partial charge >= 0.3 is 0 Å². The van der Waals surface area contributed by atoms with Gasteiger partial charge in [0.15, 0.2) is 6.29 Å². The van der Waals surface area contributed by atoms with Gasteiger partial charge in [-0.3, -0.25) is 0 Å². The maximum atomic E-state index is 9.67. The Hall–Kier alpha value is -0.810. The lowest BCUT2D eigenvalue weighted by molar-refractivity contribution is -0.152. The molecule has 2 aliphatic heterocycles. The van der Waals surface area contributed by atoms with E-state index in [0.717, 1.165) is 0 Å². The molecule has 2 saturated heterocycles. The van der Waals surface area contributed by atoms with Crippen LogP contribution < -0.4 is 0 Å². The lowest BCUT2D eigenvalue weighted by atomic mass is 9.91. The minimum Gasteiger partial charge on any atom is -0.390 e. The molecule has 2 unspecified atom stereocenters. The van der Waals surface area contributed by atoms with E-state index in [9.17, 15) is 5.11 Å². The van der Waals surface area contributed by atoms with Crippen LogP contribution in [0.3, 0.4) is 0 Å². The number of nitrogens with zero attached hydrogens (tertiary/aromatic N) is 3. The molecule has 2 heterocycles. The van der Waals surface area contributed by atoms with E-state index in [0.29, 0.717) is 6.61 Å². The van der Waals surface area contributed by atoms with Gasteiger partial charge in [-0.25, -0.2) is 0 Å². The van der Waals surface area contributed by atoms with Gasteiger partial charge in [0.2, 0.25) is 0 Å². The minimum absolute atomic E-state index is 0.109. The van der Waals surface area contributed by atoms with Crippen molar-refractivity contribution in [1.29, 1.82) is 0 Å². The molecule has 0 saturated carbocycles. The van der Waals surface area contributed by atoms with Crippen LogP contribution in [-0.2, 0) is 9.47 Å². The molecule has 0 aromatic carbocycles. The number of rotatable bonds is 1. The highest BCUT2D eigenvalue weighted by Gasteiger charge is 2.47. The molecule has 2 rings (SSSR count). The van der Waals surface area contributed by atoms with Crippen molar-refractivity contribution < 1.29 is 14.6 Å². The smallest absolute Gasteiger partial charge is 0.167 e. The standard InChI is InChI=1S/C7H11N3O3/c1-3-5(9-10-8)7-12-2-4(13-7)6(3)11/h3-7,11H,2H2,1H3/t3?,4?,5-,6-,7+/m0/s1. The van der Waals surface area contributed by atoms with E-state index in [2.05, 4.69) is 10.0 Å². The Labute approximate surface area is 75.1 Å². The molecule has 0 radical (unpaired) electrons.